The molecular weight excluding hydrogens is 353 g/mol. The molecule has 1 N–H and O–H groups in total. The van der Waals surface area contributed by atoms with Crippen molar-refractivity contribution < 1.29 is 22.9 Å². The maximum atomic E-state index is 12.7. The smallest absolute Gasteiger partial charge is 0.326 e. The number of carbonyl (C=O) groups excluding carboxylic acids is 1. The van der Waals surface area contributed by atoms with E-state index in [0.717, 1.165) is 12.1 Å². The molecule has 1 heterocycles. The molecule has 2 rings (SSSR count). The zero-order valence-corrected chi connectivity index (χ0v) is 14.1. The molecule has 1 amide bonds. The van der Waals surface area contributed by atoms with Crippen LogP contribution in [0, 0.1) is 24.0 Å². The second-order valence-corrected chi connectivity index (χ2v) is 5.73. The molecule has 0 fully saturated rings. The van der Waals surface area contributed by atoms with Crippen LogP contribution in [0.1, 0.15) is 29.8 Å². The maximum Gasteiger partial charge on any atom is 0.416 e. The summed E-state index contributed by atoms with van der Waals surface area (Å²) in [5.41, 5.74) is -0.151. The molecule has 1 aromatic carbocycles. The van der Waals surface area contributed by atoms with Crippen LogP contribution in [0.5, 0.6) is 0 Å². The van der Waals surface area contributed by atoms with Crippen molar-refractivity contribution in [2.24, 2.45) is 0 Å². The Bertz CT molecular complexity index is 831. The number of nitro groups is 1. The second-order valence-electron chi connectivity index (χ2n) is 5.73. The molecule has 140 valence electrons. The molecule has 26 heavy (non-hydrogen) atoms. The van der Waals surface area contributed by atoms with Crippen LogP contribution in [-0.4, -0.2) is 20.6 Å². The topological polar surface area (TPSA) is 90.1 Å². The highest BCUT2D eigenvalue weighted by Gasteiger charge is 2.30. The minimum Gasteiger partial charge on any atom is -0.326 e. The Hall–Kier alpha value is -2.91. The summed E-state index contributed by atoms with van der Waals surface area (Å²) in [6, 6.07) is 4.37. The van der Waals surface area contributed by atoms with Crippen molar-refractivity contribution in [3.63, 3.8) is 0 Å². The number of nitrogens with one attached hydrogen (secondary N) is 1. The summed E-state index contributed by atoms with van der Waals surface area (Å²) in [6.45, 7) is 3.39. The van der Waals surface area contributed by atoms with Gasteiger partial charge in [-0.05, 0) is 38.5 Å². The second kappa shape index (κ2) is 7.54. The number of nitrogens with zero attached hydrogens (tertiary/aromatic N) is 3. The first-order valence-electron chi connectivity index (χ1n) is 7.75. The molecule has 0 aliphatic carbocycles. The maximum absolute atomic E-state index is 12.7. The Kier molecular flexibility index (Phi) is 5.63. The van der Waals surface area contributed by atoms with E-state index in [0.29, 0.717) is 17.8 Å². The van der Waals surface area contributed by atoms with Crippen molar-refractivity contribution in [3.05, 3.63) is 51.3 Å². The van der Waals surface area contributed by atoms with Gasteiger partial charge in [-0.2, -0.15) is 18.3 Å². The summed E-state index contributed by atoms with van der Waals surface area (Å²) in [6.07, 6.45) is -4.10. The molecule has 10 heteroatoms. The molecule has 0 radical (unpaired) electrons. The van der Waals surface area contributed by atoms with Gasteiger partial charge in [-0.1, -0.05) is 6.07 Å². The quantitative estimate of drug-likeness (QED) is 0.618. The molecular formula is C16H17F3N4O3. The average molecular weight is 370 g/mol. The third kappa shape index (κ3) is 4.58. The highest BCUT2D eigenvalue weighted by molar-refractivity contribution is 5.90. The van der Waals surface area contributed by atoms with E-state index in [1.165, 1.54) is 23.7 Å². The van der Waals surface area contributed by atoms with E-state index >= 15 is 0 Å². The van der Waals surface area contributed by atoms with Gasteiger partial charge in [-0.3, -0.25) is 19.6 Å². The summed E-state index contributed by atoms with van der Waals surface area (Å²) < 4.78 is 39.4. The van der Waals surface area contributed by atoms with E-state index in [4.69, 9.17) is 0 Å². The van der Waals surface area contributed by atoms with Crippen LogP contribution in [0.2, 0.25) is 0 Å². The number of benzene rings is 1. The minimum absolute atomic E-state index is 0.0440. The first-order chi connectivity index (χ1) is 12.1. The highest BCUT2D eigenvalue weighted by atomic mass is 19.4. The van der Waals surface area contributed by atoms with Crippen LogP contribution in [-0.2, 0) is 17.5 Å². The lowest BCUT2D eigenvalue weighted by Crippen LogP contribution is -2.14. The molecule has 2 aromatic rings. The highest BCUT2D eigenvalue weighted by Crippen LogP contribution is 2.30. The zero-order valence-electron chi connectivity index (χ0n) is 14.1. The van der Waals surface area contributed by atoms with E-state index in [1.807, 2.05) is 0 Å². The van der Waals surface area contributed by atoms with Gasteiger partial charge >= 0.3 is 11.9 Å². The van der Waals surface area contributed by atoms with Crippen LogP contribution >= 0.6 is 0 Å². The van der Waals surface area contributed by atoms with Crippen molar-refractivity contribution in [1.82, 2.24) is 9.78 Å². The molecule has 0 aliphatic heterocycles. The van der Waals surface area contributed by atoms with E-state index in [1.54, 1.807) is 6.92 Å². The molecule has 0 spiro atoms. The Morgan fingerprint density at radius 2 is 2.04 bits per heavy atom. The molecule has 0 aliphatic rings. The zero-order chi connectivity index (χ0) is 19.5. The average Bonchev–Trinajstić information content (AvgIpc) is 2.81. The van der Waals surface area contributed by atoms with Gasteiger partial charge < -0.3 is 5.32 Å². The monoisotopic (exact) mass is 370 g/mol. The normalized spacial score (nSPS) is 11.4. The standard InChI is InChI=1S/C16H17F3N4O3/c1-10-15(23(25)26)11(2)22(21-10)8-4-7-14(24)20-13-6-3-5-12(9-13)16(17,18)19/h3,5-6,9H,4,7-8H2,1-2H3,(H,20,24). The van der Waals surface area contributed by atoms with Crippen LogP contribution in [0.25, 0.3) is 0 Å². The fourth-order valence-corrected chi connectivity index (χ4v) is 2.56. The lowest BCUT2D eigenvalue weighted by Gasteiger charge is -2.10. The number of hydrogen-bond acceptors (Lipinski definition) is 4. The van der Waals surface area contributed by atoms with Crippen LogP contribution in [0.4, 0.5) is 24.5 Å². The van der Waals surface area contributed by atoms with Crippen molar-refractivity contribution in [3.8, 4) is 0 Å². The van der Waals surface area contributed by atoms with Crippen molar-refractivity contribution in [2.75, 3.05) is 5.32 Å². The summed E-state index contributed by atoms with van der Waals surface area (Å²) in [5, 5.41) is 17.4. The lowest BCUT2D eigenvalue weighted by molar-refractivity contribution is -0.386. The van der Waals surface area contributed by atoms with Gasteiger partial charge in [0.1, 0.15) is 11.4 Å². The summed E-state index contributed by atoms with van der Waals surface area (Å²) in [7, 11) is 0. The number of alkyl halides is 3. The van der Waals surface area contributed by atoms with Crippen LogP contribution in [0.15, 0.2) is 24.3 Å². The predicted octanol–water partition coefficient (Wildman–Crippen LogP) is 3.85. The predicted molar refractivity (Wildman–Crippen MR) is 87.7 cm³/mol. The molecule has 0 saturated heterocycles. The third-order valence-electron chi connectivity index (χ3n) is 3.77. The third-order valence-corrected chi connectivity index (χ3v) is 3.77. The Morgan fingerprint density at radius 3 is 2.62 bits per heavy atom. The number of hydrogen-bond donors (Lipinski definition) is 1. The Morgan fingerprint density at radius 1 is 1.35 bits per heavy atom. The Labute approximate surface area is 147 Å². The van der Waals surface area contributed by atoms with Gasteiger partial charge in [-0.15, -0.1) is 0 Å². The number of aryl methyl sites for hydroxylation is 2. The van der Waals surface area contributed by atoms with Gasteiger partial charge in [0.2, 0.25) is 5.91 Å². The van der Waals surface area contributed by atoms with Gasteiger partial charge in [0.05, 0.1) is 10.5 Å². The van der Waals surface area contributed by atoms with E-state index < -0.39 is 22.6 Å². The number of rotatable bonds is 6. The molecule has 1 aromatic heterocycles. The van der Waals surface area contributed by atoms with E-state index in [-0.39, 0.29) is 24.3 Å². The number of amides is 1. The van der Waals surface area contributed by atoms with E-state index in [9.17, 15) is 28.1 Å². The number of anilines is 1. The Balaban J connectivity index is 1.92. The summed E-state index contributed by atoms with van der Waals surface area (Å²) in [5.74, 6) is -0.444. The fraction of sp³-hybridized carbons (Fsp3) is 0.375. The van der Waals surface area contributed by atoms with Gasteiger partial charge in [0, 0.05) is 18.7 Å². The molecule has 0 atom stereocenters. The van der Waals surface area contributed by atoms with Crippen LogP contribution in [0.3, 0.4) is 0 Å². The van der Waals surface area contributed by atoms with Crippen molar-refractivity contribution >= 4 is 17.3 Å². The van der Waals surface area contributed by atoms with Gasteiger partial charge in [0.15, 0.2) is 0 Å². The van der Waals surface area contributed by atoms with Crippen molar-refractivity contribution in [1.29, 1.82) is 0 Å². The first kappa shape index (κ1) is 19.4. The van der Waals surface area contributed by atoms with E-state index in [2.05, 4.69) is 10.4 Å². The first-order valence-corrected chi connectivity index (χ1v) is 7.75. The van der Waals surface area contributed by atoms with Crippen LogP contribution < -0.4 is 5.32 Å². The largest absolute Gasteiger partial charge is 0.416 e. The molecule has 7 nitrogen and oxygen atoms in total. The number of aromatic nitrogens is 2. The SMILES string of the molecule is Cc1nn(CCCC(=O)Nc2cccc(C(F)(F)F)c2)c(C)c1[N+](=O)[O-]. The number of carbonyl (C=O) groups is 1. The fourth-order valence-electron chi connectivity index (χ4n) is 2.56. The summed E-state index contributed by atoms with van der Waals surface area (Å²) >= 11 is 0. The van der Waals surface area contributed by atoms with Gasteiger partial charge in [0.25, 0.3) is 0 Å². The molecule has 0 bridgehead atoms. The molecule has 0 unspecified atom stereocenters. The van der Waals surface area contributed by atoms with Gasteiger partial charge in [-0.25, -0.2) is 0 Å². The number of halogens is 3. The summed E-state index contributed by atoms with van der Waals surface area (Å²) in [4.78, 5) is 22.3. The van der Waals surface area contributed by atoms with Crippen molar-refractivity contribution in [2.45, 2.75) is 39.4 Å². The molecule has 0 saturated carbocycles. The lowest BCUT2D eigenvalue weighted by atomic mass is 10.2. The minimum atomic E-state index is -4.48.